The number of amides is 1. The van der Waals surface area contributed by atoms with Crippen molar-refractivity contribution in [3.05, 3.63) is 58.4 Å². The van der Waals surface area contributed by atoms with Crippen LogP contribution in [0.15, 0.2) is 36.4 Å². The van der Waals surface area contributed by atoms with Crippen LogP contribution in [0, 0.1) is 19.7 Å². The fraction of sp³-hybridized carbons (Fsp3) is 0.235. The lowest BCUT2D eigenvalue weighted by Crippen LogP contribution is -2.30. The zero-order valence-electron chi connectivity index (χ0n) is 12.6. The van der Waals surface area contributed by atoms with Crippen LogP contribution in [0.3, 0.4) is 0 Å². The Hall–Kier alpha value is -2.07. The van der Waals surface area contributed by atoms with Gasteiger partial charge in [-0.1, -0.05) is 29.8 Å². The van der Waals surface area contributed by atoms with Crippen LogP contribution < -0.4 is 10.1 Å². The van der Waals surface area contributed by atoms with Gasteiger partial charge >= 0.3 is 0 Å². The molecule has 2 aromatic rings. The number of para-hydroxylation sites is 1. The van der Waals surface area contributed by atoms with E-state index in [1.54, 1.807) is 6.92 Å². The summed E-state index contributed by atoms with van der Waals surface area (Å²) in [6.07, 6.45) is -0.736. The van der Waals surface area contributed by atoms with E-state index in [1.165, 1.54) is 18.2 Å². The van der Waals surface area contributed by atoms with Crippen LogP contribution in [0.2, 0.25) is 5.02 Å². The number of carbonyl (C=O) groups is 1. The summed E-state index contributed by atoms with van der Waals surface area (Å²) in [6.45, 7) is 5.47. The van der Waals surface area contributed by atoms with E-state index in [0.717, 1.165) is 16.8 Å². The lowest BCUT2D eigenvalue weighted by molar-refractivity contribution is -0.122. The van der Waals surface area contributed by atoms with Gasteiger partial charge in [-0.3, -0.25) is 4.79 Å². The van der Waals surface area contributed by atoms with Gasteiger partial charge in [0.25, 0.3) is 5.91 Å². The van der Waals surface area contributed by atoms with Gasteiger partial charge in [-0.25, -0.2) is 4.39 Å². The number of nitrogens with one attached hydrogen (secondary N) is 1. The fourth-order valence-corrected chi connectivity index (χ4v) is 2.21. The Bertz CT molecular complexity index is 683. The predicted octanol–water partition coefficient (Wildman–Crippen LogP) is 4.50. The summed E-state index contributed by atoms with van der Waals surface area (Å²) in [5.41, 5.74) is 2.73. The molecule has 2 aromatic carbocycles. The quantitative estimate of drug-likeness (QED) is 0.900. The zero-order valence-corrected chi connectivity index (χ0v) is 13.4. The fourth-order valence-electron chi connectivity index (χ4n) is 2.04. The average Bonchev–Trinajstić information content (AvgIpc) is 2.46. The van der Waals surface area contributed by atoms with E-state index >= 15 is 0 Å². The van der Waals surface area contributed by atoms with Crippen LogP contribution in [0.25, 0.3) is 0 Å². The highest BCUT2D eigenvalue weighted by Gasteiger charge is 2.17. The van der Waals surface area contributed by atoms with Crippen molar-refractivity contribution in [1.82, 2.24) is 0 Å². The van der Waals surface area contributed by atoms with Gasteiger partial charge in [-0.15, -0.1) is 0 Å². The van der Waals surface area contributed by atoms with Gasteiger partial charge in [0.1, 0.15) is 11.6 Å². The number of hydrogen-bond acceptors (Lipinski definition) is 2. The maximum atomic E-state index is 13.1. The summed E-state index contributed by atoms with van der Waals surface area (Å²) in [6, 6.07) is 9.76. The topological polar surface area (TPSA) is 38.3 Å². The minimum absolute atomic E-state index is 0.0418. The molecule has 2 rings (SSSR count). The highest BCUT2D eigenvalue weighted by atomic mass is 35.5. The van der Waals surface area contributed by atoms with Crippen molar-refractivity contribution in [3.63, 3.8) is 0 Å². The molecule has 0 unspecified atom stereocenters. The van der Waals surface area contributed by atoms with Crippen LogP contribution in [0.1, 0.15) is 18.1 Å². The van der Waals surface area contributed by atoms with Crippen molar-refractivity contribution in [2.45, 2.75) is 26.9 Å². The average molecular weight is 322 g/mol. The molecule has 0 aliphatic rings. The second-order valence-corrected chi connectivity index (χ2v) is 5.50. The minimum Gasteiger partial charge on any atom is -0.481 e. The second kappa shape index (κ2) is 6.79. The number of halogens is 2. The highest BCUT2D eigenvalue weighted by Crippen LogP contribution is 2.23. The summed E-state index contributed by atoms with van der Waals surface area (Å²) in [7, 11) is 0. The third-order valence-electron chi connectivity index (χ3n) is 3.30. The molecule has 0 fully saturated rings. The Morgan fingerprint density at radius 2 is 1.86 bits per heavy atom. The van der Waals surface area contributed by atoms with Crippen LogP contribution in [-0.4, -0.2) is 12.0 Å². The molecule has 1 N–H and O–H groups in total. The maximum Gasteiger partial charge on any atom is 0.265 e. The number of carbonyl (C=O) groups excluding carboxylic acids is 1. The van der Waals surface area contributed by atoms with E-state index in [9.17, 15) is 9.18 Å². The molecule has 1 amide bonds. The Balaban J connectivity index is 2.07. The first-order chi connectivity index (χ1) is 10.4. The molecule has 0 heterocycles. The van der Waals surface area contributed by atoms with Gasteiger partial charge in [0.15, 0.2) is 6.10 Å². The Kier molecular flexibility index (Phi) is 5.03. The maximum absolute atomic E-state index is 13.1. The number of ether oxygens (including phenoxy) is 1. The SMILES string of the molecule is Cc1cccc(C)c1NC(=O)[C@H](C)Oc1ccc(F)c(Cl)c1. The summed E-state index contributed by atoms with van der Waals surface area (Å²) in [4.78, 5) is 12.2. The van der Waals surface area contributed by atoms with Gasteiger partial charge in [0, 0.05) is 11.8 Å². The van der Waals surface area contributed by atoms with Crippen molar-refractivity contribution in [1.29, 1.82) is 0 Å². The molecule has 0 aliphatic heterocycles. The number of benzene rings is 2. The summed E-state index contributed by atoms with van der Waals surface area (Å²) >= 11 is 5.69. The van der Waals surface area contributed by atoms with E-state index in [-0.39, 0.29) is 10.9 Å². The third kappa shape index (κ3) is 3.77. The van der Waals surface area contributed by atoms with Crippen LogP contribution in [-0.2, 0) is 4.79 Å². The van der Waals surface area contributed by atoms with E-state index in [2.05, 4.69) is 5.32 Å². The monoisotopic (exact) mass is 321 g/mol. The first kappa shape index (κ1) is 16.3. The van der Waals surface area contributed by atoms with Gasteiger partial charge in [0.2, 0.25) is 0 Å². The van der Waals surface area contributed by atoms with Crippen molar-refractivity contribution in [3.8, 4) is 5.75 Å². The number of rotatable bonds is 4. The van der Waals surface area contributed by atoms with Crippen molar-refractivity contribution >= 4 is 23.2 Å². The van der Waals surface area contributed by atoms with Gasteiger partial charge in [-0.2, -0.15) is 0 Å². The van der Waals surface area contributed by atoms with E-state index in [0.29, 0.717) is 5.75 Å². The van der Waals surface area contributed by atoms with Crippen LogP contribution in [0.4, 0.5) is 10.1 Å². The highest BCUT2D eigenvalue weighted by molar-refractivity contribution is 6.30. The molecule has 0 bridgehead atoms. The molecular formula is C17H17ClFNO2. The second-order valence-electron chi connectivity index (χ2n) is 5.09. The Labute approximate surface area is 134 Å². The molecule has 0 radical (unpaired) electrons. The number of anilines is 1. The molecule has 0 spiro atoms. The van der Waals surface area contributed by atoms with E-state index in [1.807, 2.05) is 32.0 Å². The lowest BCUT2D eigenvalue weighted by Gasteiger charge is -2.17. The molecule has 5 heteroatoms. The molecule has 0 saturated heterocycles. The summed E-state index contributed by atoms with van der Waals surface area (Å²) < 4.78 is 18.6. The first-order valence-corrected chi connectivity index (χ1v) is 7.25. The molecule has 22 heavy (non-hydrogen) atoms. The molecule has 3 nitrogen and oxygen atoms in total. The molecule has 0 aliphatic carbocycles. The first-order valence-electron chi connectivity index (χ1n) is 6.87. The van der Waals surface area contributed by atoms with Crippen molar-refractivity contribution < 1.29 is 13.9 Å². The van der Waals surface area contributed by atoms with Crippen LogP contribution in [0.5, 0.6) is 5.75 Å². The van der Waals surface area contributed by atoms with Crippen LogP contribution >= 0.6 is 11.6 Å². The number of hydrogen-bond donors (Lipinski definition) is 1. The Morgan fingerprint density at radius 3 is 2.45 bits per heavy atom. The third-order valence-corrected chi connectivity index (χ3v) is 3.59. The molecule has 0 saturated carbocycles. The van der Waals surface area contributed by atoms with Crippen molar-refractivity contribution in [2.24, 2.45) is 0 Å². The van der Waals surface area contributed by atoms with E-state index < -0.39 is 11.9 Å². The molecular weight excluding hydrogens is 305 g/mol. The minimum atomic E-state index is -0.736. The predicted molar refractivity (Wildman–Crippen MR) is 86.0 cm³/mol. The lowest BCUT2D eigenvalue weighted by atomic mass is 10.1. The summed E-state index contributed by atoms with van der Waals surface area (Å²) in [5, 5.41) is 2.81. The molecule has 116 valence electrons. The largest absolute Gasteiger partial charge is 0.481 e. The smallest absolute Gasteiger partial charge is 0.265 e. The summed E-state index contributed by atoms with van der Waals surface area (Å²) in [5.74, 6) is -0.463. The van der Waals surface area contributed by atoms with E-state index in [4.69, 9.17) is 16.3 Å². The van der Waals surface area contributed by atoms with Crippen molar-refractivity contribution in [2.75, 3.05) is 5.32 Å². The molecule has 0 aromatic heterocycles. The van der Waals surface area contributed by atoms with Gasteiger partial charge in [-0.05, 0) is 44.0 Å². The Morgan fingerprint density at radius 1 is 1.23 bits per heavy atom. The van der Waals surface area contributed by atoms with Gasteiger partial charge < -0.3 is 10.1 Å². The normalized spacial score (nSPS) is 11.9. The number of aryl methyl sites for hydroxylation is 2. The molecule has 1 atom stereocenters. The zero-order chi connectivity index (χ0) is 16.3. The standard InChI is InChI=1S/C17H17ClFNO2/c1-10-5-4-6-11(2)16(10)20-17(21)12(3)22-13-7-8-15(19)14(18)9-13/h4-9,12H,1-3H3,(H,20,21)/t12-/m0/s1. The van der Waals surface area contributed by atoms with Gasteiger partial charge in [0.05, 0.1) is 5.02 Å².